The maximum Gasteiger partial charge on any atom is 0.279 e. The molecule has 1 heterocycles. The van der Waals surface area contributed by atoms with Crippen molar-refractivity contribution in [3.8, 4) is 11.5 Å². The zero-order valence-corrected chi connectivity index (χ0v) is 16.0. The summed E-state index contributed by atoms with van der Waals surface area (Å²) in [5.41, 5.74) is -0.0444. The third kappa shape index (κ3) is 3.88. The maximum atomic E-state index is 13.0. The molecule has 1 aliphatic rings. The van der Waals surface area contributed by atoms with Crippen molar-refractivity contribution >= 4 is 15.7 Å². The Morgan fingerprint density at radius 3 is 2.57 bits per heavy atom. The van der Waals surface area contributed by atoms with Gasteiger partial charge in [-0.1, -0.05) is 12.1 Å². The lowest BCUT2D eigenvalue weighted by atomic mass is 9.95. The zero-order valence-electron chi connectivity index (χ0n) is 15.2. The molecule has 0 aromatic heterocycles. The Kier molecular flexibility index (Phi) is 5.71. The fraction of sp³-hybridized carbons (Fsp3) is 0.316. The minimum absolute atomic E-state index is 0.0689. The molecule has 1 amide bonds. The van der Waals surface area contributed by atoms with Gasteiger partial charge in [-0.15, -0.1) is 0 Å². The molecule has 1 fully saturated rings. The standard InChI is InChI=1S/C19H21NO7S/c1-13-3-2-4-15(11-13)27-14-5-7-16(8-6-14)28(24,25)17-9-10-26-12-19(17,22)18(21)20-23/h2-8,11,17,22-23H,9-10,12H2,1H3,(H,20,21). The smallest absolute Gasteiger partial charge is 0.279 e. The summed E-state index contributed by atoms with van der Waals surface area (Å²) < 4.78 is 36.8. The minimum Gasteiger partial charge on any atom is -0.457 e. The lowest BCUT2D eigenvalue weighted by Gasteiger charge is -2.36. The molecule has 3 N–H and O–H groups in total. The van der Waals surface area contributed by atoms with E-state index >= 15 is 0 Å². The van der Waals surface area contributed by atoms with Crippen LogP contribution in [0.25, 0.3) is 0 Å². The molecular formula is C19H21NO7S. The highest BCUT2D eigenvalue weighted by Gasteiger charge is 2.53. The van der Waals surface area contributed by atoms with Gasteiger partial charge in [-0.3, -0.25) is 10.0 Å². The first-order chi connectivity index (χ1) is 13.3. The normalized spacial score (nSPS) is 22.5. The predicted octanol–water partition coefficient (Wildman–Crippen LogP) is 1.59. The Labute approximate surface area is 162 Å². The molecule has 0 radical (unpaired) electrons. The molecule has 1 saturated heterocycles. The number of carbonyl (C=O) groups is 1. The number of rotatable bonds is 5. The fourth-order valence-electron chi connectivity index (χ4n) is 3.15. The number of aryl methyl sites for hydroxylation is 1. The molecule has 2 atom stereocenters. The minimum atomic E-state index is -4.08. The summed E-state index contributed by atoms with van der Waals surface area (Å²) in [7, 11) is -4.08. The van der Waals surface area contributed by atoms with E-state index in [4.69, 9.17) is 14.7 Å². The highest BCUT2D eigenvalue weighted by molar-refractivity contribution is 7.92. The molecule has 150 valence electrons. The molecule has 2 aromatic rings. The van der Waals surface area contributed by atoms with Gasteiger partial charge >= 0.3 is 0 Å². The van der Waals surface area contributed by atoms with E-state index in [1.54, 1.807) is 6.07 Å². The topological polar surface area (TPSA) is 122 Å². The van der Waals surface area contributed by atoms with Crippen LogP contribution >= 0.6 is 0 Å². The Morgan fingerprint density at radius 2 is 1.93 bits per heavy atom. The van der Waals surface area contributed by atoms with E-state index in [0.717, 1.165) is 5.56 Å². The van der Waals surface area contributed by atoms with E-state index in [0.29, 0.717) is 11.5 Å². The molecule has 8 nitrogen and oxygen atoms in total. The van der Waals surface area contributed by atoms with E-state index in [1.165, 1.54) is 29.7 Å². The van der Waals surface area contributed by atoms with Crippen LogP contribution in [0.1, 0.15) is 12.0 Å². The van der Waals surface area contributed by atoms with E-state index < -0.39 is 33.2 Å². The molecule has 2 unspecified atom stereocenters. The summed E-state index contributed by atoms with van der Waals surface area (Å²) in [6, 6.07) is 13.1. The molecule has 0 aliphatic carbocycles. The summed E-state index contributed by atoms with van der Waals surface area (Å²) in [5.74, 6) is -0.158. The lowest BCUT2D eigenvalue weighted by Crippen LogP contribution is -2.62. The van der Waals surface area contributed by atoms with Gasteiger partial charge in [0, 0.05) is 6.61 Å². The van der Waals surface area contributed by atoms with Crippen LogP contribution in [-0.4, -0.2) is 48.7 Å². The van der Waals surface area contributed by atoms with Gasteiger partial charge in [-0.2, -0.15) is 0 Å². The molecule has 2 aromatic carbocycles. The average Bonchev–Trinajstić information content (AvgIpc) is 2.68. The largest absolute Gasteiger partial charge is 0.457 e. The number of sulfone groups is 1. The number of nitrogens with one attached hydrogen (secondary N) is 1. The first kappa shape index (κ1) is 20.3. The van der Waals surface area contributed by atoms with Gasteiger partial charge in [0.15, 0.2) is 15.4 Å². The Morgan fingerprint density at radius 1 is 1.21 bits per heavy atom. The number of carbonyl (C=O) groups excluding carboxylic acids is 1. The summed E-state index contributed by atoms with van der Waals surface area (Å²) in [6.07, 6.45) is -0.0895. The zero-order chi connectivity index (χ0) is 20.4. The maximum absolute atomic E-state index is 13.0. The van der Waals surface area contributed by atoms with Crippen LogP contribution in [-0.2, 0) is 19.4 Å². The second-order valence-electron chi connectivity index (χ2n) is 6.63. The summed E-state index contributed by atoms with van der Waals surface area (Å²) in [4.78, 5) is 11.8. The molecule has 28 heavy (non-hydrogen) atoms. The van der Waals surface area contributed by atoms with Crippen LogP contribution in [0.4, 0.5) is 0 Å². The lowest BCUT2D eigenvalue weighted by molar-refractivity contribution is -0.161. The van der Waals surface area contributed by atoms with E-state index in [9.17, 15) is 18.3 Å². The van der Waals surface area contributed by atoms with Gasteiger partial charge in [0.2, 0.25) is 0 Å². The third-order valence-corrected chi connectivity index (χ3v) is 6.93. The predicted molar refractivity (Wildman–Crippen MR) is 99.0 cm³/mol. The van der Waals surface area contributed by atoms with Gasteiger partial charge in [0.1, 0.15) is 16.7 Å². The number of hydroxylamine groups is 1. The van der Waals surface area contributed by atoms with Crippen LogP contribution in [0.3, 0.4) is 0 Å². The number of benzene rings is 2. The van der Waals surface area contributed by atoms with Crippen molar-refractivity contribution in [3.63, 3.8) is 0 Å². The van der Waals surface area contributed by atoms with Gasteiger partial charge in [-0.05, 0) is 55.3 Å². The van der Waals surface area contributed by atoms with Gasteiger partial charge in [0.25, 0.3) is 5.91 Å². The third-order valence-electron chi connectivity index (χ3n) is 4.63. The second-order valence-corrected chi connectivity index (χ2v) is 8.76. The van der Waals surface area contributed by atoms with Crippen molar-refractivity contribution in [3.05, 3.63) is 54.1 Å². The molecule has 3 rings (SSSR count). The average molecular weight is 407 g/mol. The van der Waals surface area contributed by atoms with Crippen molar-refractivity contribution in [1.29, 1.82) is 0 Å². The summed E-state index contributed by atoms with van der Waals surface area (Å²) in [5, 5.41) is 18.0. The molecule has 0 spiro atoms. The van der Waals surface area contributed by atoms with Crippen molar-refractivity contribution in [2.45, 2.75) is 29.1 Å². The van der Waals surface area contributed by atoms with Crippen LogP contribution in [0, 0.1) is 6.92 Å². The highest BCUT2D eigenvalue weighted by atomic mass is 32.2. The number of ether oxygens (including phenoxy) is 2. The monoisotopic (exact) mass is 407 g/mol. The number of amides is 1. The van der Waals surface area contributed by atoms with Crippen LogP contribution in [0.2, 0.25) is 0 Å². The first-order valence-electron chi connectivity index (χ1n) is 8.60. The van der Waals surface area contributed by atoms with Crippen molar-refractivity contribution in [1.82, 2.24) is 5.48 Å². The van der Waals surface area contributed by atoms with E-state index in [-0.39, 0.29) is 17.9 Å². The van der Waals surface area contributed by atoms with Crippen molar-refractivity contribution in [2.75, 3.05) is 13.2 Å². The Balaban J connectivity index is 1.86. The second kappa shape index (κ2) is 7.88. The highest BCUT2D eigenvalue weighted by Crippen LogP contribution is 2.32. The quantitative estimate of drug-likeness (QED) is 0.508. The number of aliphatic hydroxyl groups is 1. The molecule has 1 aliphatic heterocycles. The van der Waals surface area contributed by atoms with Crippen LogP contribution in [0.5, 0.6) is 11.5 Å². The molecule has 0 bridgehead atoms. The van der Waals surface area contributed by atoms with E-state index in [2.05, 4.69) is 0 Å². The molecule has 9 heteroatoms. The van der Waals surface area contributed by atoms with Crippen molar-refractivity contribution < 1.29 is 33.0 Å². The van der Waals surface area contributed by atoms with E-state index in [1.807, 2.05) is 25.1 Å². The molecular weight excluding hydrogens is 386 g/mol. The van der Waals surface area contributed by atoms with Crippen LogP contribution in [0.15, 0.2) is 53.4 Å². The number of hydrogen-bond donors (Lipinski definition) is 3. The first-order valence-corrected chi connectivity index (χ1v) is 10.1. The van der Waals surface area contributed by atoms with Gasteiger partial charge in [0.05, 0.1) is 11.5 Å². The Bertz CT molecular complexity index is 959. The van der Waals surface area contributed by atoms with Crippen LogP contribution < -0.4 is 10.2 Å². The summed E-state index contributed by atoms with van der Waals surface area (Å²) in [6.45, 7) is 1.47. The number of hydrogen-bond acceptors (Lipinski definition) is 7. The van der Waals surface area contributed by atoms with Gasteiger partial charge < -0.3 is 14.6 Å². The molecule has 0 saturated carbocycles. The SMILES string of the molecule is Cc1cccc(Oc2ccc(S(=O)(=O)C3CCOCC3(O)C(=O)NO)cc2)c1. The van der Waals surface area contributed by atoms with Gasteiger partial charge in [-0.25, -0.2) is 13.9 Å². The van der Waals surface area contributed by atoms with Crippen molar-refractivity contribution in [2.24, 2.45) is 0 Å². The Hall–Kier alpha value is -2.46. The fourth-order valence-corrected chi connectivity index (χ4v) is 5.09. The summed E-state index contributed by atoms with van der Waals surface area (Å²) >= 11 is 0.